The van der Waals surface area contributed by atoms with E-state index in [0.717, 1.165) is 4.47 Å². The van der Waals surface area contributed by atoms with E-state index in [1.54, 1.807) is 18.2 Å². The maximum absolute atomic E-state index is 11.1. The van der Waals surface area contributed by atoms with Crippen LogP contribution in [0.1, 0.15) is 0 Å². The number of hydrogen-bond acceptors (Lipinski definition) is 2. The minimum Gasteiger partial charge on any atom is -0.326 e. The number of benzene rings is 1. The number of carbonyl (C=O) groups is 1. The van der Waals surface area contributed by atoms with Gasteiger partial charge in [-0.1, -0.05) is 27.1 Å². The van der Waals surface area contributed by atoms with Gasteiger partial charge in [0.1, 0.15) is 6.54 Å². The predicted molar refractivity (Wildman–Crippen MR) is 56.8 cm³/mol. The zero-order valence-corrected chi connectivity index (χ0v) is 8.73. The largest absolute Gasteiger partial charge is 0.326 e. The number of carbonyl (C=O) groups excluding carboxylic acids is 1. The van der Waals surface area contributed by atoms with E-state index in [0.29, 0.717) is 5.69 Å². The molecule has 14 heavy (non-hydrogen) atoms. The Balaban J connectivity index is 2.60. The summed E-state index contributed by atoms with van der Waals surface area (Å²) in [6.07, 6.45) is 0. The van der Waals surface area contributed by atoms with E-state index < -0.39 is 0 Å². The number of anilines is 1. The van der Waals surface area contributed by atoms with Gasteiger partial charge >= 0.3 is 0 Å². The first-order valence-electron chi connectivity index (χ1n) is 3.78. The van der Waals surface area contributed by atoms with Gasteiger partial charge < -0.3 is 5.32 Å². The van der Waals surface area contributed by atoms with Crippen molar-refractivity contribution in [2.45, 2.75) is 0 Å². The average molecular weight is 255 g/mol. The Morgan fingerprint density at radius 2 is 2.43 bits per heavy atom. The second-order valence-electron chi connectivity index (χ2n) is 2.45. The van der Waals surface area contributed by atoms with Crippen molar-refractivity contribution in [1.82, 2.24) is 0 Å². The molecule has 1 aromatic rings. The highest BCUT2D eigenvalue weighted by Crippen LogP contribution is 2.15. The zero-order valence-electron chi connectivity index (χ0n) is 7.14. The van der Waals surface area contributed by atoms with Crippen LogP contribution in [0.3, 0.4) is 0 Å². The molecule has 0 aliphatic rings. The Morgan fingerprint density at radius 1 is 1.64 bits per heavy atom. The summed E-state index contributed by atoms with van der Waals surface area (Å²) in [7, 11) is 0. The highest BCUT2D eigenvalue weighted by atomic mass is 79.9. The van der Waals surface area contributed by atoms with E-state index in [1.165, 1.54) is 0 Å². The smallest absolute Gasteiger partial charge is 0.230 e. The molecule has 0 saturated carbocycles. The van der Waals surface area contributed by atoms with Crippen molar-refractivity contribution in [1.29, 1.82) is 0 Å². The first kappa shape index (κ1) is 10.6. The third-order valence-electron chi connectivity index (χ3n) is 1.39. The molecule has 5 nitrogen and oxygen atoms in total. The second kappa shape index (κ2) is 5.26. The molecule has 1 rings (SSSR count). The Morgan fingerprint density at radius 3 is 3.07 bits per heavy atom. The first-order chi connectivity index (χ1) is 6.72. The normalized spacial score (nSPS) is 8.93. The fourth-order valence-corrected chi connectivity index (χ4v) is 1.26. The molecule has 0 aliphatic heterocycles. The van der Waals surface area contributed by atoms with Crippen molar-refractivity contribution < 1.29 is 4.79 Å². The molecule has 0 radical (unpaired) electrons. The lowest BCUT2D eigenvalue weighted by Crippen LogP contribution is -2.14. The Kier molecular flexibility index (Phi) is 3.97. The molecule has 0 bridgehead atoms. The molecule has 0 aliphatic carbocycles. The standard InChI is InChI=1S/C8H7BrN4O/c9-6-2-1-3-7(4-6)12-8(14)5-11-13-10/h1-4H,5H2,(H,12,14). The van der Waals surface area contributed by atoms with Crippen LogP contribution in [-0.2, 0) is 4.79 Å². The van der Waals surface area contributed by atoms with E-state index in [9.17, 15) is 4.79 Å². The summed E-state index contributed by atoms with van der Waals surface area (Å²) in [5, 5.41) is 5.73. The topological polar surface area (TPSA) is 77.9 Å². The van der Waals surface area contributed by atoms with Crippen molar-refractivity contribution >= 4 is 27.5 Å². The minimum atomic E-state index is -0.332. The van der Waals surface area contributed by atoms with Crippen LogP contribution in [0.5, 0.6) is 0 Å². The van der Waals surface area contributed by atoms with Crippen molar-refractivity contribution in [3.8, 4) is 0 Å². The third kappa shape index (κ3) is 3.47. The van der Waals surface area contributed by atoms with Gasteiger partial charge in [0, 0.05) is 15.1 Å². The molecule has 1 aromatic carbocycles. The quantitative estimate of drug-likeness (QED) is 0.503. The van der Waals surface area contributed by atoms with Crippen LogP contribution in [0, 0.1) is 0 Å². The van der Waals surface area contributed by atoms with Crippen molar-refractivity contribution in [3.05, 3.63) is 39.2 Å². The fraction of sp³-hybridized carbons (Fsp3) is 0.125. The van der Waals surface area contributed by atoms with Crippen molar-refractivity contribution in [2.24, 2.45) is 5.11 Å². The summed E-state index contributed by atoms with van der Waals surface area (Å²) >= 11 is 3.27. The fourth-order valence-electron chi connectivity index (χ4n) is 0.863. The number of hydrogen-bond donors (Lipinski definition) is 1. The number of halogens is 1. The molecule has 0 aromatic heterocycles. The lowest BCUT2D eigenvalue weighted by Gasteiger charge is -2.02. The number of azide groups is 1. The summed E-state index contributed by atoms with van der Waals surface area (Å²) in [6, 6.07) is 7.16. The summed E-state index contributed by atoms with van der Waals surface area (Å²) < 4.78 is 0.874. The van der Waals surface area contributed by atoms with E-state index >= 15 is 0 Å². The molecule has 0 atom stereocenters. The summed E-state index contributed by atoms with van der Waals surface area (Å²) in [5.41, 5.74) is 8.66. The van der Waals surface area contributed by atoms with E-state index in [1.807, 2.05) is 6.07 Å². The highest BCUT2D eigenvalue weighted by molar-refractivity contribution is 9.10. The van der Waals surface area contributed by atoms with E-state index in [-0.39, 0.29) is 12.5 Å². The van der Waals surface area contributed by atoms with E-state index in [4.69, 9.17) is 5.53 Å². The molecule has 6 heteroatoms. The molecule has 1 N–H and O–H groups in total. The Labute approximate surface area is 88.9 Å². The molecule has 0 saturated heterocycles. The number of rotatable bonds is 3. The maximum Gasteiger partial charge on any atom is 0.230 e. The summed E-state index contributed by atoms with van der Waals surface area (Å²) in [4.78, 5) is 13.6. The van der Waals surface area contributed by atoms with Gasteiger partial charge in [-0.3, -0.25) is 4.79 Å². The minimum absolute atomic E-state index is 0.191. The zero-order chi connectivity index (χ0) is 10.4. The van der Waals surface area contributed by atoms with E-state index in [2.05, 4.69) is 31.3 Å². The van der Waals surface area contributed by atoms with Gasteiger partial charge in [-0.05, 0) is 23.7 Å². The molecule has 1 amide bonds. The molecular weight excluding hydrogens is 248 g/mol. The average Bonchev–Trinajstić information content (AvgIpc) is 2.15. The van der Waals surface area contributed by atoms with Gasteiger partial charge in [-0.15, -0.1) is 0 Å². The Bertz CT molecular complexity index is 387. The summed E-state index contributed by atoms with van der Waals surface area (Å²) in [5.74, 6) is -0.332. The molecule has 0 spiro atoms. The molecule has 0 heterocycles. The van der Waals surface area contributed by atoms with Crippen LogP contribution in [0.2, 0.25) is 0 Å². The number of nitrogens with zero attached hydrogens (tertiary/aromatic N) is 3. The van der Waals surface area contributed by atoms with Crippen LogP contribution in [0.25, 0.3) is 10.4 Å². The first-order valence-corrected chi connectivity index (χ1v) is 4.58. The highest BCUT2D eigenvalue weighted by Gasteiger charge is 1.99. The SMILES string of the molecule is [N-]=[N+]=NCC(=O)Nc1cccc(Br)c1. The van der Waals surface area contributed by atoms with Gasteiger partial charge in [0.2, 0.25) is 5.91 Å². The third-order valence-corrected chi connectivity index (χ3v) is 1.88. The van der Waals surface area contributed by atoms with Gasteiger partial charge in [0.05, 0.1) is 0 Å². The van der Waals surface area contributed by atoms with Gasteiger partial charge in [0.15, 0.2) is 0 Å². The summed E-state index contributed by atoms with van der Waals surface area (Å²) in [6.45, 7) is -0.191. The molecule has 72 valence electrons. The Hall–Kier alpha value is -1.52. The second-order valence-corrected chi connectivity index (χ2v) is 3.36. The van der Waals surface area contributed by atoms with Crippen LogP contribution in [0.4, 0.5) is 5.69 Å². The van der Waals surface area contributed by atoms with Crippen LogP contribution >= 0.6 is 15.9 Å². The molecule has 0 unspecified atom stereocenters. The van der Waals surface area contributed by atoms with Gasteiger partial charge in [-0.2, -0.15) is 0 Å². The van der Waals surface area contributed by atoms with Gasteiger partial charge in [-0.25, -0.2) is 0 Å². The monoisotopic (exact) mass is 254 g/mol. The van der Waals surface area contributed by atoms with Crippen LogP contribution < -0.4 is 5.32 Å². The van der Waals surface area contributed by atoms with Gasteiger partial charge in [0.25, 0.3) is 0 Å². The van der Waals surface area contributed by atoms with Crippen molar-refractivity contribution in [2.75, 3.05) is 11.9 Å². The van der Waals surface area contributed by atoms with Crippen LogP contribution in [0.15, 0.2) is 33.9 Å². The predicted octanol–water partition coefficient (Wildman–Crippen LogP) is 2.70. The molecular formula is C8H7BrN4O. The van der Waals surface area contributed by atoms with Crippen molar-refractivity contribution in [3.63, 3.8) is 0 Å². The maximum atomic E-state index is 11.1. The number of nitrogens with one attached hydrogen (secondary N) is 1. The number of amides is 1. The molecule has 0 fully saturated rings. The van der Waals surface area contributed by atoms with Crippen LogP contribution in [-0.4, -0.2) is 12.5 Å². The lowest BCUT2D eigenvalue weighted by molar-refractivity contribution is -0.114. The lowest BCUT2D eigenvalue weighted by atomic mass is 10.3.